The van der Waals surface area contributed by atoms with Crippen LogP contribution in [0.15, 0.2) is 18.2 Å². The predicted molar refractivity (Wildman–Crippen MR) is 94.5 cm³/mol. The number of hydrogen-bond donors (Lipinski definition) is 2. The van der Waals surface area contributed by atoms with Crippen LogP contribution < -0.4 is 14.8 Å². The highest BCUT2D eigenvalue weighted by atomic mass is 16.5. The standard InChI is InChI=1S/C19H23N3O4/c1-11-9-14-16(12(2)26-11)21-22-17(14)19(23)20-10-13-5-3-6-15-18(13)25-8-4-7-24-15/h3,5-6,11-12H,4,7-10H2,1-2H3,(H,20,23)(H,21,22)/t11-,12+/m1/s1. The number of fused-ring (bicyclic) bond motifs is 2. The molecule has 1 aromatic carbocycles. The third kappa shape index (κ3) is 3.14. The average molecular weight is 357 g/mol. The number of rotatable bonds is 3. The van der Waals surface area contributed by atoms with Crippen LogP contribution in [0.3, 0.4) is 0 Å². The monoisotopic (exact) mass is 357 g/mol. The molecule has 1 amide bonds. The zero-order chi connectivity index (χ0) is 18.1. The van der Waals surface area contributed by atoms with Gasteiger partial charge in [0.25, 0.3) is 5.91 Å². The van der Waals surface area contributed by atoms with E-state index in [-0.39, 0.29) is 18.1 Å². The first-order chi connectivity index (χ1) is 12.6. The van der Waals surface area contributed by atoms with Crippen molar-refractivity contribution in [1.82, 2.24) is 15.5 Å². The molecule has 2 atom stereocenters. The summed E-state index contributed by atoms with van der Waals surface area (Å²) in [6, 6.07) is 5.73. The van der Waals surface area contributed by atoms with Gasteiger partial charge in [-0.15, -0.1) is 0 Å². The van der Waals surface area contributed by atoms with Crippen LogP contribution >= 0.6 is 0 Å². The number of carbonyl (C=O) groups is 1. The van der Waals surface area contributed by atoms with E-state index in [2.05, 4.69) is 15.5 Å². The molecule has 0 aliphatic carbocycles. The number of benzene rings is 1. The van der Waals surface area contributed by atoms with Gasteiger partial charge in [0.05, 0.1) is 31.1 Å². The van der Waals surface area contributed by atoms with Crippen LogP contribution in [0.25, 0.3) is 0 Å². The first-order valence-electron chi connectivity index (χ1n) is 9.01. The third-order valence-electron chi connectivity index (χ3n) is 4.74. The van der Waals surface area contributed by atoms with Crippen molar-refractivity contribution in [2.24, 2.45) is 0 Å². The Labute approximate surface area is 152 Å². The lowest BCUT2D eigenvalue weighted by Gasteiger charge is -2.25. The predicted octanol–water partition coefficient (Wildman–Crippen LogP) is 2.52. The zero-order valence-electron chi connectivity index (χ0n) is 15.0. The molecule has 7 nitrogen and oxygen atoms in total. The first kappa shape index (κ1) is 16.9. The largest absolute Gasteiger partial charge is 0.490 e. The highest BCUT2D eigenvalue weighted by Crippen LogP contribution is 2.33. The summed E-state index contributed by atoms with van der Waals surface area (Å²) in [5.41, 5.74) is 3.17. The van der Waals surface area contributed by atoms with Crippen molar-refractivity contribution in [2.75, 3.05) is 13.2 Å². The SMILES string of the molecule is C[C@@H]1Cc2c(C(=O)NCc3cccc4c3OCCCO4)n[nH]c2[C@H](C)O1. The molecule has 4 rings (SSSR count). The Morgan fingerprint density at radius 1 is 1.31 bits per heavy atom. The number of amides is 1. The van der Waals surface area contributed by atoms with Crippen molar-refractivity contribution in [3.8, 4) is 11.5 Å². The Morgan fingerprint density at radius 2 is 2.15 bits per heavy atom. The molecule has 2 aliphatic rings. The summed E-state index contributed by atoms with van der Waals surface area (Å²) in [4.78, 5) is 12.7. The summed E-state index contributed by atoms with van der Waals surface area (Å²) in [6.07, 6.45) is 1.50. The van der Waals surface area contributed by atoms with E-state index in [1.54, 1.807) is 0 Å². The van der Waals surface area contributed by atoms with E-state index >= 15 is 0 Å². The maximum Gasteiger partial charge on any atom is 0.272 e. The van der Waals surface area contributed by atoms with Gasteiger partial charge < -0.3 is 19.5 Å². The zero-order valence-corrected chi connectivity index (χ0v) is 15.0. The number of aromatic nitrogens is 2. The summed E-state index contributed by atoms with van der Waals surface area (Å²) >= 11 is 0. The van der Waals surface area contributed by atoms with Crippen LogP contribution in [0, 0.1) is 0 Å². The normalized spacial score (nSPS) is 21.6. The van der Waals surface area contributed by atoms with E-state index in [9.17, 15) is 4.79 Å². The maximum atomic E-state index is 12.7. The molecule has 0 fully saturated rings. The molecule has 0 saturated carbocycles. The lowest BCUT2D eigenvalue weighted by atomic mass is 9.99. The lowest BCUT2D eigenvalue weighted by molar-refractivity contribution is -0.00697. The molecule has 2 aromatic rings. The minimum Gasteiger partial charge on any atom is -0.490 e. The van der Waals surface area contributed by atoms with Gasteiger partial charge in [-0.05, 0) is 19.9 Å². The van der Waals surface area contributed by atoms with Gasteiger partial charge in [0, 0.05) is 30.5 Å². The number of carbonyl (C=O) groups excluding carboxylic acids is 1. The number of ether oxygens (including phenoxy) is 3. The van der Waals surface area contributed by atoms with Gasteiger partial charge in [0.1, 0.15) is 0 Å². The Kier molecular flexibility index (Phi) is 4.55. The fourth-order valence-electron chi connectivity index (χ4n) is 3.51. The van der Waals surface area contributed by atoms with Gasteiger partial charge in [-0.2, -0.15) is 5.10 Å². The molecule has 0 bridgehead atoms. The molecule has 0 saturated heterocycles. The van der Waals surface area contributed by atoms with Crippen LogP contribution in [0.4, 0.5) is 0 Å². The number of hydrogen-bond acceptors (Lipinski definition) is 5. The van der Waals surface area contributed by atoms with E-state index in [1.807, 2.05) is 32.0 Å². The number of H-pyrrole nitrogens is 1. The molecule has 7 heteroatoms. The van der Waals surface area contributed by atoms with Gasteiger partial charge in [0.15, 0.2) is 17.2 Å². The summed E-state index contributed by atoms with van der Waals surface area (Å²) in [7, 11) is 0. The summed E-state index contributed by atoms with van der Waals surface area (Å²) in [6.45, 7) is 5.57. The topological polar surface area (TPSA) is 85.5 Å². The molecule has 138 valence electrons. The Morgan fingerprint density at radius 3 is 3.04 bits per heavy atom. The summed E-state index contributed by atoms with van der Waals surface area (Å²) in [5.74, 6) is 1.24. The third-order valence-corrected chi connectivity index (χ3v) is 4.74. The minimum absolute atomic E-state index is 0.0668. The molecule has 2 N–H and O–H groups in total. The van der Waals surface area contributed by atoms with E-state index in [1.165, 1.54) is 0 Å². The maximum absolute atomic E-state index is 12.7. The second-order valence-electron chi connectivity index (χ2n) is 6.74. The van der Waals surface area contributed by atoms with Crippen LogP contribution in [-0.4, -0.2) is 35.4 Å². The van der Waals surface area contributed by atoms with Gasteiger partial charge in [-0.1, -0.05) is 12.1 Å². The molecule has 0 unspecified atom stereocenters. The van der Waals surface area contributed by atoms with Crippen molar-refractivity contribution in [3.63, 3.8) is 0 Å². The highest BCUT2D eigenvalue weighted by Gasteiger charge is 2.29. The molecular weight excluding hydrogens is 334 g/mol. The number of nitrogens with one attached hydrogen (secondary N) is 2. The molecule has 0 radical (unpaired) electrons. The van der Waals surface area contributed by atoms with Crippen LogP contribution in [-0.2, 0) is 17.7 Å². The second kappa shape index (κ2) is 6.99. The average Bonchev–Trinajstić information content (AvgIpc) is 2.89. The summed E-state index contributed by atoms with van der Waals surface area (Å²) in [5, 5.41) is 10.1. The number of nitrogens with zero attached hydrogens (tertiary/aromatic N) is 1. The van der Waals surface area contributed by atoms with Crippen molar-refractivity contribution in [1.29, 1.82) is 0 Å². The minimum atomic E-state index is -0.198. The fraction of sp³-hybridized carbons (Fsp3) is 0.474. The van der Waals surface area contributed by atoms with Gasteiger partial charge >= 0.3 is 0 Å². The van der Waals surface area contributed by atoms with Crippen molar-refractivity contribution < 1.29 is 19.0 Å². The number of para-hydroxylation sites is 1. The summed E-state index contributed by atoms with van der Waals surface area (Å²) < 4.78 is 17.3. The van der Waals surface area contributed by atoms with Crippen LogP contribution in [0.2, 0.25) is 0 Å². The Balaban J connectivity index is 1.51. The number of aromatic amines is 1. The van der Waals surface area contributed by atoms with Gasteiger partial charge in [-0.3, -0.25) is 9.89 Å². The smallest absolute Gasteiger partial charge is 0.272 e. The Hall–Kier alpha value is -2.54. The van der Waals surface area contributed by atoms with Crippen molar-refractivity contribution >= 4 is 5.91 Å². The molecular formula is C19H23N3O4. The molecule has 26 heavy (non-hydrogen) atoms. The first-order valence-corrected chi connectivity index (χ1v) is 9.01. The molecule has 3 heterocycles. The van der Waals surface area contributed by atoms with E-state index in [4.69, 9.17) is 14.2 Å². The second-order valence-corrected chi connectivity index (χ2v) is 6.74. The van der Waals surface area contributed by atoms with Crippen LogP contribution in [0.1, 0.15) is 53.7 Å². The van der Waals surface area contributed by atoms with Gasteiger partial charge in [0.2, 0.25) is 0 Å². The highest BCUT2D eigenvalue weighted by molar-refractivity contribution is 5.94. The quantitative estimate of drug-likeness (QED) is 0.882. The van der Waals surface area contributed by atoms with E-state index < -0.39 is 0 Å². The fourth-order valence-corrected chi connectivity index (χ4v) is 3.51. The Bertz CT molecular complexity index is 817. The molecule has 0 spiro atoms. The molecule has 1 aromatic heterocycles. The van der Waals surface area contributed by atoms with Crippen molar-refractivity contribution in [3.05, 3.63) is 40.7 Å². The molecule has 2 aliphatic heterocycles. The van der Waals surface area contributed by atoms with E-state index in [0.717, 1.165) is 29.0 Å². The van der Waals surface area contributed by atoms with E-state index in [0.29, 0.717) is 37.6 Å². The lowest BCUT2D eigenvalue weighted by Crippen LogP contribution is -2.27. The van der Waals surface area contributed by atoms with Gasteiger partial charge in [-0.25, -0.2) is 0 Å². The van der Waals surface area contributed by atoms with Crippen LogP contribution in [0.5, 0.6) is 11.5 Å². The van der Waals surface area contributed by atoms with Crippen molar-refractivity contribution in [2.45, 2.75) is 45.4 Å².